The van der Waals surface area contributed by atoms with E-state index in [1.807, 2.05) is 19.9 Å². The minimum Gasteiger partial charge on any atom is -0.378 e. The van der Waals surface area contributed by atoms with Crippen LogP contribution in [0.3, 0.4) is 0 Å². The second kappa shape index (κ2) is 5.84. The zero-order chi connectivity index (χ0) is 14.7. The Morgan fingerprint density at radius 3 is 2.50 bits per heavy atom. The van der Waals surface area contributed by atoms with Gasteiger partial charge in [0, 0.05) is 0 Å². The molecule has 1 amide bonds. The summed E-state index contributed by atoms with van der Waals surface area (Å²) in [7, 11) is 0. The molecule has 0 aromatic heterocycles. The van der Waals surface area contributed by atoms with Crippen LogP contribution in [0, 0.1) is 19.7 Å². The predicted molar refractivity (Wildman–Crippen MR) is 75.9 cm³/mol. The monoisotopic (exact) mass is 273 g/mol. The second-order valence-electron chi connectivity index (χ2n) is 4.72. The standard InChI is InChI=1S/C16H16FNO2/c1-10-7-8-12(9-11(10)2)15(19)16(20)18-14-6-4-3-5-13(14)17/h3-9,15,19H,1-2H3,(H,18,20). The number of aliphatic hydroxyl groups excluding tert-OH is 1. The van der Waals surface area contributed by atoms with Crippen molar-refractivity contribution in [3.8, 4) is 0 Å². The third-order valence-corrected chi connectivity index (χ3v) is 3.23. The molecule has 0 saturated carbocycles. The number of carbonyl (C=O) groups excluding carboxylic acids is 1. The maximum Gasteiger partial charge on any atom is 0.257 e. The first-order valence-electron chi connectivity index (χ1n) is 6.29. The van der Waals surface area contributed by atoms with Crippen LogP contribution in [-0.2, 0) is 4.79 Å². The number of anilines is 1. The number of rotatable bonds is 3. The molecule has 0 radical (unpaired) electrons. The van der Waals surface area contributed by atoms with Crippen LogP contribution < -0.4 is 5.32 Å². The number of para-hydroxylation sites is 1. The first kappa shape index (κ1) is 14.2. The van der Waals surface area contributed by atoms with Crippen LogP contribution in [0.4, 0.5) is 10.1 Å². The van der Waals surface area contributed by atoms with Crippen molar-refractivity contribution < 1.29 is 14.3 Å². The predicted octanol–water partition coefficient (Wildman–Crippen LogP) is 3.11. The van der Waals surface area contributed by atoms with E-state index in [2.05, 4.69) is 5.32 Å². The molecule has 104 valence electrons. The Kier molecular flexibility index (Phi) is 4.15. The van der Waals surface area contributed by atoms with Crippen molar-refractivity contribution in [2.24, 2.45) is 0 Å². The van der Waals surface area contributed by atoms with Crippen molar-refractivity contribution in [2.45, 2.75) is 20.0 Å². The van der Waals surface area contributed by atoms with E-state index in [1.165, 1.54) is 18.2 Å². The number of halogens is 1. The van der Waals surface area contributed by atoms with Gasteiger partial charge in [-0.15, -0.1) is 0 Å². The third kappa shape index (κ3) is 3.03. The van der Waals surface area contributed by atoms with Crippen LogP contribution >= 0.6 is 0 Å². The summed E-state index contributed by atoms with van der Waals surface area (Å²) in [6, 6.07) is 11.1. The summed E-state index contributed by atoms with van der Waals surface area (Å²) in [5, 5.41) is 12.4. The molecule has 4 heteroatoms. The maximum atomic E-state index is 13.4. The maximum absolute atomic E-state index is 13.4. The number of hydrogen-bond acceptors (Lipinski definition) is 2. The molecule has 0 heterocycles. The van der Waals surface area contributed by atoms with Crippen LogP contribution in [-0.4, -0.2) is 11.0 Å². The van der Waals surface area contributed by atoms with Gasteiger partial charge in [0.2, 0.25) is 0 Å². The number of aryl methyl sites for hydroxylation is 2. The van der Waals surface area contributed by atoms with E-state index in [4.69, 9.17) is 0 Å². The lowest BCUT2D eigenvalue weighted by Crippen LogP contribution is -2.21. The molecule has 1 unspecified atom stereocenters. The lowest BCUT2D eigenvalue weighted by Gasteiger charge is -2.13. The van der Waals surface area contributed by atoms with Crippen molar-refractivity contribution >= 4 is 11.6 Å². The van der Waals surface area contributed by atoms with Gasteiger partial charge >= 0.3 is 0 Å². The molecule has 0 bridgehead atoms. The zero-order valence-corrected chi connectivity index (χ0v) is 11.4. The van der Waals surface area contributed by atoms with Crippen molar-refractivity contribution in [3.63, 3.8) is 0 Å². The Labute approximate surface area is 117 Å². The molecule has 3 nitrogen and oxygen atoms in total. The van der Waals surface area contributed by atoms with Crippen LogP contribution in [0.1, 0.15) is 22.8 Å². The van der Waals surface area contributed by atoms with Gasteiger partial charge in [0.05, 0.1) is 5.69 Å². The first-order valence-corrected chi connectivity index (χ1v) is 6.29. The average Bonchev–Trinajstić information content (AvgIpc) is 2.43. The van der Waals surface area contributed by atoms with E-state index >= 15 is 0 Å². The molecule has 0 aliphatic carbocycles. The van der Waals surface area contributed by atoms with E-state index in [1.54, 1.807) is 18.2 Å². The lowest BCUT2D eigenvalue weighted by atomic mass is 10.0. The van der Waals surface area contributed by atoms with Crippen molar-refractivity contribution in [3.05, 3.63) is 65.0 Å². The van der Waals surface area contributed by atoms with Crippen molar-refractivity contribution in [2.75, 3.05) is 5.32 Å². The number of benzene rings is 2. The molecule has 0 spiro atoms. The van der Waals surface area contributed by atoms with Gasteiger partial charge in [-0.3, -0.25) is 4.79 Å². The molecule has 20 heavy (non-hydrogen) atoms. The molecule has 0 saturated heterocycles. The Morgan fingerprint density at radius 2 is 1.85 bits per heavy atom. The minimum absolute atomic E-state index is 0.0559. The molecule has 2 rings (SSSR count). The summed E-state index contributed by atoms with van der Waals surface area (Å²) >= 11 is 0. The van der Waals surface area contributed by atoms with Crippen LogP contribution in [0.25, 0.3) is 0 Å². The molecule has 0 aliphatic heterocycles. The van der Waals surface area contributed by atoms with Gasteiger partial charge in [-0.05, 0) is 42.7 Å². The summed E-state index contributed by atoms with van der Waals surface area (Å²) in [6.45, 7) is 3.85. The number of aliphatic hydroxyl groups is 1. The van der Waals surface area contributed by atoms with Crippen molar-refractivity contribution in [1.29, 1.82) is 0 Å². The third-order valence-electron chi connectivity index (χ3n) is 3.23. The molecular formula is C16H16FNO2. The second-order valence-corrected chi connectivity index (χ2v) is 4.72. The Morgan fingerprint density at radius 1 is 1.15 bits per heavy atom. The minimum atomic E-state index is -1.33. The molecule has 2 aromatic rings. The Balaban J connectivity index is 2.16. The van der Waals surface area contributed by atoms with Gasteiger partial charge in [-0.25, -0.2) is 4.39 Å². The van der Waals surface area contributed by atoms with Gasteiger partial charge < -0.3 is 10.4 Å². The number of amides is 1. The van der Waals surface area contributed by atoms with E-state index in [0.29, 0.717) is 5.56 Å². The highest BCUT2D eigenvalue weighted by Gasteiger charge is 2.18. The SMILES string of the molecule is Cc1ccc(C(O)C(=O)Nc2ccccc2F)cc1C. The fourth-order valence-electron chi connectivity index (χ4n) is 1.85. The van der Waals surface area contributed by atoms with Gasteiger partial charge in [0.25, 0.3) is 5.91 Å². The molecule has 1 atom stereocenters. The zero-order valence-electron chi connectivity index (χ0n) is 11.4. The quantitative estimate of drug-likeness (QED) is 0.902. The topological polar surface area (TPSA) is 49.3 Å². The Bertz CT molecular complexity index is 640. The molecule has 2 aromatic carbocycles. The van der Waals surface area contributed by atoms with Gasteiger partial charge in [0.15, 0.2) is 6.10 Å². The summed E-state index contributed by atoms with van der Waals surface area (Å²) in [5.74, 6) is -1.19. The highest BCUT2D eigenvalue weighted by atomic mass is 19.1. The van der Waals surface area contributed by atoms with Crippen LogP contribution in [0.5, 0.6) is 0 Å². The lowest BCUT2D eigenvalue weighted by molar-refractivity contribution is -0.124. The van der Waals surface area contributed by atoms with Gasteiger partial charge in [-0.1, -0.05) is 30.3 Å². The number of nitrogens with one attached hydrogen (secondary N) is 1. The summed E-state index contributed by atoms with van der Waals surface area (Å²) in [4.78, 5) is 11.9. The van der Waals surface area contributed by atoms with Crippen LogP contribution in [0.15, 0.2) is 42.5 Å². The van der Waals surface area contributed by atoms with E-state index in [-0.39, 0.29) is 5.69 Å². The molecule has 0 aliphatic rings. The van der Waals surface area contributed by atoms with Crippen molar-refractivity contribution in [1.82, 2.24) is 0 Å². The summed E-state index contributed by atoms with van der Waals surface area (Å²) in [5.41, 5.74) is 2.61. The highest BCUT2D eigenvalue weighted by Crippen LogP contribution is 2.20. The fourth-order valence-corrected chi connectivity index (χ4v) is 1.85. The number of hydrogen-bond donors (Lipinski definition) is 2. The van der Waals surface area contributed by atoms with E-state index in [0.717, 1.165) is 11.1 Å². The normalized spacial score (nSPS) is 12.0. The first-order chi connectivity index (χ1) is 9.49. The fraction of sp³-hybridized carbons (Fsp3) is 0.188. The summed E-state index contributed by atoms with van der Waals surface area (Å²) in [6.07, 6.45) is -1.33. The summed E-state index contributed by atoms with van der Waals surface area (Å²) < 4.78 is 13.4. The largest absolute Gasteiger partial charge is 0.378 e. The Hall–Kier alpha value is -2.20. The molecule has 2 N–H and O–H groups in total. The smallest absolute Gasteiger partial charge is 0.257 e. The average molecular weight is 273 g/mol. The van der Waals surface area contributed by atoms with Crippen LogP contribution in [0.2, 0.25) is 0 Å². The number of carbonyl (C=O) groups is 1. The molecule has 0 fully saturated rings. The van der Waals surface area contributed by atoms with Gasteiger partial charge in [-0.2, -0.15) is 0 Å². The van der Waals surface area contributed by atoms with E-state index in [9.17, 15) is 14.3 Å². The highest BCUT2D eigenvalue weighted by molar-refractivity contribution is 5.94. The van der Waals surface area contributed by atoms with E-state index < -0.39 is 17.8 Å². The van der Waals surface area contributed by atoms with Gasteiger partial charge in [0.1, 0.15) is 5.82 Å². The molecular weight excluding hydrogens is 257 g/mol.